The summed E-state index contributed by atoms with van der Waals surface area (Å²) in [5, 5.41) is 8.80. The van der Waals surface area contributed by atoms with Gasteiger partial charge in [-0.2, -0.15) is 5.26 Å². The van der Waals surface area contributed by atoms with Crippen LogP contribution in [-0.4, -0.2) is 13.1 Å². The van der Waals surface area contributed by atoms with Crippen LogP contribution in [0.2, 0.25) is 0 Å². The van der Waals surface area contributed by atoms with Crippen molar-refractivity contribution in [3.05, 3.63) is 34.6 Å². The molecule has 0 aromatic heterocycles. The Kier molecular flexibility index (Phi) is 3.97. The third-order valence-corrected chi connectivity index (χ3v) is 2.19. The van der Waals surface area contributed by atoms with E-state index in [2.05, 4.69) is 4.74 Å². The van der Waals surface area contributed by atoms with Gasteiger partial charge in [-0.15, -0.1) is 0 Å². The second kappa shape index (κ2) is 5.24. The third kappa shape index (κ3) is 2.55. The Labute approximate surface area is 92.4 Å². The molecule has 0 aliphatic carbocycles. The van der Waals surface area contributed by atoms with Crippen LogP contribution in [0.1, 0.15) is 16.7 Å². The van der Waals surface area contributed by atoms with E-state index in [9.17, 15) is 9.18 Å². The number of carbonyl (C=O) groups excluding carboxylic acids is 1. The van der Waals surface area contributed by atoms with Gasteiger partial charge in [-0.1, -0.05) is 0 Å². The number of nitrogens with zero attached hydrogens (tertiary/aromatic N) is 1. The van der Waals surface area contributed by atoms with Crippen molar-refractivity contribution in [1.29, 1.82) is 5.26 Å². The lowest BCUT2D eigenvalue weighted by molar-refractivity contribution is -0.139. The minimum absolute atomic E-state index is 0.0789. The average molecular weight is 222 g/mol. The molecule has 0 saturated heterocycles. The topological polar surface area (TPSA) is 76.1 Å². The first-order valence-corrected chi connectivity index (χ1v) is 4.60. The van der Waals surface area contributed by atoms with Crippen LogP contribution in [0.15, 0.2) is 12.1 Å². The minimum Gasteiger partial charge on any atom is -0.469 e. The van der Waals surface area contributed by atoms with Crippen LogP contribution in [0, 0.1) is 17.1 Å². The summed E-state index contributed by atoms with van der Waals surface area (Å²) in [7, 11) is 1.24. The standard InChI is InChI=1S/C11H11FN2O2/c1-16-11(15)4-7-2-9(12)3-8(5-13)10(7)6-14/h2-3H,4,6,14H2,1H3. The van der Waals surface area contributed by atoms with E-state index in [4.69, 9.17) is 11.0 Å². The zero-order valence-corrected chi connectivity index (χ0v) is 8.79. The maximum atomic E-state index is 13.1. The summed E-state index contributed by atoms with van der Waals surface area (Å²) in [5.41, 5.74) is 6.50. The van der Waals surface area contributed by atoms with E-state index >= 15 is 0 Å². The lowest BCUT2D eigenvalue weighted by Crippen LogP contribution is -2.11. The molecule has 0 amide bonds. The molecule has 1 rings (SSSR count). The highest BCUT2D eigenvalue weighted by atomic mass is 19.1. The first-order valence-electron chi connectivity index (χ1n) is 4.60. The molecule has 1 aromatic rings. The zero-order chi connectivity index (χ0) is 12.1. The molecule has 0 spiro atoms. The van der Waals surface area contributed by atoms with Gasteiger partial charge in [-0.05, 0) is 23.3 Å². The molecule has 0 atom stereocenters. The van der Waals surface area contributed by atoms with Crippen LogP contribution in [0.5, 0.6) is 0 Å². The van der Waals surface area contributed by atoms with Crippen LogP contribution in [0.3, 0.4) is 0 Å². The van der Waals surface area contributed by atoms with Crippen LogP contribution in [0.25, 0.3) is 0 Å². The fourth-order valence-corrected chi connectivity index (χ4v) is 1.42. The maximum Gasteiger partial charge on any atom is 0.309 e. The molecular formula is C11H11FN2O2. The van der Waals surface area contributed by atoms with Crippen LogP contribution in [-0.2, 0) is 22.5 Å². The number of hydrogen-bond donors (Lipinski definition) is 1. The van der Waals surface area contributed by atoms with Gasteiger partial charge in [0.05, 0.1) is 25.2 Å². The summed E-state index contributed by atoms with van der Waals surface area (Å²) in [4.78, 5) is 11.1. The van der Waals surface area contributed by atoms with E-state index in [0.717, 1.165) is 6.07 Å². The molecule has 0 saturated carbocycles. The molecule has 0 aliphatic rings. The lowest BCUT2D eigenvalue weighted by Gasteiger charge is -2.08. The largest absolute Gasteiger partial charge is 0.469 e. The molecule has 84 valence electrons. The Morgan fingerprint density at radius 1 is 1.62 bits per heavy atom. The first kappa shape index (κ1) is 12.1. The predicted molar refractivity (Wildman–Crippen MR) is 54.7 cm³/mol. The van der Waals surface area contributed by atoms with Gasteiger partial charge in [0.15, 0.2) is 0 Å². The number of carbonyl (C=O) groups is 1. The van der Waals surface area contributed by atoms with Crippen molar-refractivity contribution in [2.24, 2.45) is 5.73 Å². The second-order valence-electron chi connectivity index (χ2n) is 3.16. The fraction of sp³-hybridized carbons (Fsp3) is 0.273. The number of halogens is 1. The molecule has 0 radical (unpaired) electrons. The van der Waals surface area contributed by atoms with E-state index in [1.807, 2.05) is 6.07 Å². The molecule has 5 heteroatoms. The molecule has 0 aliphatic heterocycles. The molecule has 2 N–H and O–H groups in total. The summed E-state index contributed by atoms with van der Waals surface area (Å²) in [6, 6.07) is 4.14. The van der Waals surface area contributed by atoms with Gasteiger partial charge in [0, 0.05) is 6.54 Å². The number of ether oxygens (including phenoxy) is 1. The van der Waals surface area contributed by atoms with Crippen molar-refractivity contribution in [2.75, 3.05) is 7.11 Å². The monoisotopic (exact) mass is 222 g/mol. The second-order valence-corrected chi connectivity index (χ2v) is 3.16. The number of rotatable bonds is 3. The summed E-state index contributed by atoms with van der Waals surface area (Å²) in [6.07, 6.45) is -0.0878. The normalized spacial score (nSPS) is 9.62. The number of benzene rings is 1. The van der Waals surface area contributed by atoms with E-state index in [0.29, 0.717) is 11.1 Å². The predicted octanol–water partition coefficient (Wildman–Crippen LogP) is 0.872. The van der Waals surface area contributed by atoms with Crippen molar-refractivity contribution in [2.45, 2.75) is 13.0 Å². The van der Waals surface area contributed by atoms with Gasteiger partial charge in [-0.25, -0.2) is 4.39 Å². The minimum atomic E-state index is -0.562. The van der Waals surface area contributed by atoms with Crippen LogP contribution >= 0.6 is 0 Å². The van der Waals surface area contributed by atoms with Crippen LogP contribution in [0.4, 0.5) is 4.39 Å². The van der Waals surface area contributed by atoms with Gasteiger partial charge < -0.3 is 10.5 Å². The van der Waals surface area contributed by atoms with Gasteiger partial charge in [0.1, 0.15) is 5.82 Å². The fourth-order valence-electron chi connectivity index (χ4n) is 1.42. The third-order valence-electron chi connectivity index (χ3n) is 2.19. The number of nitriles is 1. The van der Waals surface area contributed by atoms with Crippen molar-refractivity contribution >= 4 is 5.97 Å². The summed E-state index contributed by atoms with van der Waals surface area (Å²) in [6.45, 7) is 0.0789. The van der Waals surface area contributed by atoms with E-state index in [-0.39, 0.29) is 18.5 Å². The smallest absolute Gasteiger partial charge is 0.309 e. The van der Waals surface area contributed by atoms with E-state index in [1.54, 1.807) is 0 Å². The zero-order valence-electron chi connectivity index (χ0n) is 8.79. The van der Waals surface area contributed by atoms with Crippen molar-refractivity contribution in [3.63, 3.8) is 0 Å². The van der Waals surface area contributed by atoms with E-state index < -0.39 is 11.8 Å². The van der Waals surface area contributed by atoms with Gasteiger partial charge in [-0.3, -0.25) is 4.79 Å². The Morgan fingerprint density at radius 2 is 2.31 bits per heavy atom. The Hall–Kier alpha value is -1.93. The highest BCUT2D eigenvalue weighted by molar-refractivity contribution is 5.73. The number of nitrogens with two attached hydrogens (primary N) is 1. The molecule has 0 bridgehead atoms. The lowest BCUT2D eigenvalue weighted by atomic mass is 9.99. The van der Waals surface area contributed by atoms with Crippen molar-refractivity contribution < 1.29 is 13.9 Å². The van der Waals surface area contributed by atoms with E-state index in [1.165, 1.54) is 13.2 Å². The van der Waals surface area contributed by atoms with Crippen LogP contribution < -0.4 is 5.73 Å². The van der Waals surface area contributed by atoms with Crippen molar-refractivity contribution in [3.8, 4) is 6.07 Å². The SMILES string of the molecule is COC(=O)Cc1cc(F)cc(C#N)c1CN. The van der Waals surface area contributed by atoms with Gasteiger partial charge >= 0.3 is 5.97 Å². The quantitative estimate of drug-likeness (QED) is 0.770. The summed E-state index contributed by atoms with van der Waals surface area (Å²) in [5.74, 6) is -1.06. The molecule has 4 nitrogen and oxygen atoms in total. The Balaban J connectivity index is 3.21. The van der Waals surface area contributed by atoms with Crippen molar-refractivity contribution in [1.82, 2.24) is 0 Å². The van der Waals surface area contributed by atoms with Gasteiger partial charge in [0.2, 0.25) is 0 Å². The molecular weight excluding hydrogens is 211 g/mol. The highest BCUT2D eigenvalue weighted by Crippen LogP contribution is 2.17. The average Bonchev–Trinajstić information content (AvgIpc) is 2.28. The number of esters is 1. The molecule has 1 aromatic carbocycles. The highest BCUT2D eigenvalue weighted by Gasteiger charge is 2.13. The molecule has 0 unspecified atom stereocenters. The summed E-state index contributed by atoms with van der Waals surface area (Å²) >= 11 is 0. The Morgan fingerprint density at radius 3 is 2.81 bits per heavy atom. The number of hydrogen-bond acceptors (Lipinski definition) is 4. The number of methoxy groups -OCH3 is 1. The maximum absolute atomic E-state index is 13.1. The molecule has 16 heavy (non-hydrogen) atoms. The first-order chi connectivity index (χ1) is 7.62. The summed E-state index contributed by atoms with van der Waals surface area (Å²) < 4.78 is 17.6. The molecule has 0 fully saturated rings. The van der Waals surface area contributed by atoms with Gasteiger partial charge in [0.25, 0.3) is 0 Å². The molecule has 0 heterocycles. The Bertz CT molecular complexity index is 452.